The van der Waals surface area contributed by atoms with Gasteiger partial charge in [-0.1, -0.05) is 18.2 Å². The lowest BCUT2D eigenvalue weighted by Crippen LogP contribution is -2.45. The molecular formula is C15H24N2O3S. The molecule has 0 aliphatic carbocycles. The summed E-state index contributed by atoms with van der Waals surface area (Å²) >= 11 is 0. The van der Waals surface area contributed by atoms with Gasteiger partial charge in [0.25, 0.3) is 0 Å². The van der Waals surface area contributed by atoms with E-state index in [9.17, 15) is 13.5 Å². The van der Waals surface area contributed by atoms with Crippen LogP contribution in [0.1, 0.15) is 30.9 Å². The Labute approximate surface area is 127 Å². The average molecular weight is 312 g/mol. The fourth-order valence-corrected chi connectivity index (χ4v) is 3.77. The van der Waals surface area contributed by atoms with Gasteiger partial charge in [-0.25, -0.2) is 12.7 Å². The minimum atomic E-state index is -3.06. The van der Waals surface area contributed by atoms with Crippen LogP contribution < -0.4 is 5.32 Å². The molecule has 0 unspecified atom stereocenters. The van der Waals surface area contributed by atoms with Crippen molar-refractivity contribution in [1.29, 1.82) is 0 Å². The molecule has 21 heavy (non-hydrogen) atoms. The third-order valence-corrected chi connectivity index (χ3v) is 6.00. The first-order valence-electron chi connectivity index (χ1n) is 7.42. The van der Waals surface area contributed by atoms with Crippen LogP contribution in [0, 0.1) is 6.92 Å². The maximum atomic E-state index is 11.8. The summed E-state index contributed by atoms with van der Waals surface area (Å²) in [6.45, 7) is 5.33. The van der Waals surface area contributed by atoms with Crippen molar-refractivity contribution in [2.24, 2.45) is 0 Å². The van der Waals surface area contributed by atoms with Crippen LogP contribution in [-0.2, 0) is 16.6 Å². The quantitative estimate of drug-likeness (QED) is 0.866. The first kappa shape index (κ1) is 16.3. The minimum absolute atomic E-state index is 0.169. The van der Waals surface area contributed by atoms with Gasteiger partial charge in [-0.15, -0.1) is 0 Å². The molecule has 0 aromatic heterocycles. The number of nitrogens with one attached hydrogen (secondary N) is 1. The molecule has 0 saturated carbocycles. The van der Waals surface area contributed by atoms with Crippen molar-refractivity contribution in [3.05, 3.63) is 29.3 Å². The maximum Gasteiger partial charge on any atom is 0.213 e. The van der Waals surface area contributed by atoms with Gasteiger partial charge in [0.15, 0.2) is 0 Å². The van der Waals surface area contributed by atoms with Crippen LogP contribution in [0.15, 0.2) is 18.2 Å². The summed E-state index contributed by atoms with van der Waals surface area (Å²) in [5, 5.41) is 13.4. The molecule has 1 aliphatic heterocycles. The highest BCUT2D eigenvalue weighted by Gasteiger charge is 2.26. The largest absolute Gasteiger partial charge is 0.507 e. The number of nitrogens with zero attached hydrogens (tertiary/aromatic N) is 1. The highest BCUT2D eigenvalue weighted by Crippen LogP contribution is 2.22. The SMILES string of the molecule is CCS(=O)(=O)N1CCC(NCc2cccc(C)c2O)CC1. The van der Waals surface area contributed by atoms with Crippen molar-refractivity contribution in [3.8, 4) is 5.75 Å². The summed E-state index contributed by atoms with van der Waals surface area (Å²) in [5.74, 6) is 0.512. The smallest absolute Gasteiger partial charge is 0.213 e. The van der Waals surface area contributed by atoms with E-state index in [1.807, 2.05) is 25.1 Å². The molecule has 5 nitrogen and oxygen atoms in total. The molecule has 118 valence electrons. The summed E-state index contributed by atoms with van der Waals surface area (Å²) in [4.78, 5) is 0. The Bertz CT molecular complexity index is 579. The third-order valence-electron chi connectivity index (χ3n) is 4.11. The van der Waals surface area contributed by atoms with Crippen molar-refractivity contribution in [2.75, 3.05) is 18.8 Å². The zero-order valence-corrected chi connectivity index (χ0v) is 13.5. The van der Waals surface area contributed by atoms with E-state index in [4.69, 9.17) is 0 Å². The number of hydrogen-bond acceptors (Lipinski definition) is 4. The number of sulfonamides is 1. The number of piperidine rings is 1. The Morgan fingerprint density at radius 3 is 2.62 bits per heavy atom. The van der Waals surface area contributed by atoms with E-state index in [-0.39, 0.29) is 5.75 Å². The van der Waals surface area contributed by atoms with E-state index in [2.05, 4.69) is 5.32 Å². The Hall–Kier alpha value is -1.11. The lowest BCUT2D eigenvalue weighted by molar-refractivity contribution is 0.288. The Morgan fingerprint density at radius 2 is 2.00 bits per heavy atom. The summed E-state index contributed by atoms with van der Waals surface area (Å²) in [5.41, 5.74) is 1.76. The molecule has 0 amide bonds. The van der Waals surface area contributed by atoms with Crippen molar-refractivity contribution >= 4 is 10.0 Å². The normalized spacial score (nSPS) is 18.0. The molecule has 1 fully saturated rings. The fraction of sp³-hybridized carbons (Fsp3) is 0.600. The molecule has 1 saturated heterocycles. The zero-order valence-electron chi connectivity index (χ0n) is 12.7. The van der Waals surface area contributed by atoms with Crippen molar-refractivity contribution < 1.29 is 13.5 Å². The van der Waals surface area contributed by atoms with Crippen LogP contribution in [0.5, 0.6) is 5.75 Å². The van der Waals surface area contributed by atoms with Gasteiger partial charge in [-0.3, -0.25) is 0 Å². The van der Waals surface area contributed by atoms with Crippen LogP contribution in [-0.4, -0.2) is 42.7 Å². The molecule has 0 bridgehead atoms. The lowest BCUT2D eigenvalue weighted by Gasteiger charge is -2.31. The molecule has 0 radical (unpaired) electrons. The maximum absolute atomic E-state index is 11.8. The number of rotatable bonds is 5. The predicted molar refractivity (Wildman–Crippen MR) is 83.7 cm³/mol. The molecule has 1 aromatic carbocycles. The minimum Gasteiger partial charge on any atom is -0.507 e. The third kappa shape index (κ3) is 3.96. The monoisotopic (exact) mass is 312 g/mol. The number of para-hydroxylation sites is 1. The first-order chi connectivity index (χ1) is 9.94. The molecule has 0 spiro atoms. The standard InChI is InChI=1S/C15H24N2O3S/c1-3-21(19,20)17-9-7-14(8-10-17)16-11-13-6-4-5-12(2)15(13)18/h4-6,14,16,18H,3,7-11H2,1-2H3. The van der Waals surface area contributed by atoms with Gasteiger partial charge in [0.1, 0.15) is 5.75 Å². The van der Waals surface area contributed by atoms with Gasteiger partial charge in [-0.2, -0.15) is 0 Å². The second-order valence-corrected chi connectivity index (χ2v) is 7.80. The number of benzene rings is 1. The first-order valence-corrected chi connectivity index (χ1v) is 9.03. The molecule has 1 heterocycles. The van der Waals surface area contributed by atoms with Crippen molar-refractivity contribution in [1.82, 2.24) is 9.62 Å². The molecular weight excluding hydrogens is 288 g/mol. The number of phenols is 1. The Balaban J connectivity index is 1.86. The number of aryl methyl sites for hydroxylation is 1. The topological polar surface area (TPSA) is 69.6 Å². The zero-order chi connectivity index (χ0) is 15.5. The van der Waals surface area contributed by atoms with Crippen LogP contribution in [0.25, 0.3) is 0 Å². The Kier molecular flexibility index (Phi) is 5.24. The number of hydrogen-bond donors (Lipinski definition) is 2. The highest BCUT2D eigenvalue weighted by atomic mass is 32.2. The summed E-state index contributed by atoms with van der Waals surface area (Å²) < 4.78 is 25.2. The van der Waals surface area contributed by atoms with Crippen LogP contribution in [0.4, 0.5) is 0 Å². The number of phenolic OH excluding ortho intramolecular Hbond substituents is 1. The van der Waals surface area contributed by atoms with E-state index in [0.29, 0.717) is 31.4 Å². The van der Waals surface area contributed by atoms with E-state index in [1.54, 1.807) is 11.2 Å². The molecule has 6 heteroatoms. The van der Waals surface area contributed by atoms with E-state index in [0.717, 1.165) is 24.0 Å². The van der Waals surface area contributed by atoms with Gasteiger partial charge < -0.3 is 10.4 Å². The van der Waals surface area contributed by atoms with Crippen molar-refractivity contribution in [2.45, 2.75) is 39.3 Å². The number of aromatic hydroxyl groups is 1. The second kappa shape index (κ2) is 6.77. The van der Waals surface area contributed by atoms with Gasteiger partial charge in [0.2, 0.25) is 10.0 Å². The summed E-state index contributed by atoms with van der Waals surface area (Å²) in [7, 11) is -3.06. The second-order valence-electron chi connectivity index (χ2n) is 5.54. The summed E-state index contributed by atoms with van der Waals surface area (Å²) in [6, 6.07) is 6.02. The van der Waals surface area contributed by atoms with E-state index >= 15 is 0 Å². The van der Waals surface area contributed by atoms with E-state index < -0.39 is 10.0 Å². The predicted octanol–water partition coefficient (Wildman–Crippen LogP) is 1.60. The molecule has 1 aromatic rings. The van der Waals surface area contributed by atoms with Gasteiger partial charge >= 0.3 is 0 Å². The van der Waals surface area contributed by atoms with Crippen LogP contribution >= 0.6 is 0 Å². The van der Waals surface area contributed by atoms with E-state index in [1.165, 1.54) is 0 Å². The fourth-order valence-electron chi connectivity index (χ4n) is 2.64. The van der Waals surface area contributed by atoms with Gasteiger partial charge in [-0.05, 0) is 32.3 Å². The molecule has 2 N–H and O–H groups in total. The molecule has 0 atom stereocenters. The Morgan fingerprint density at radius 1 is 1.33 bits per heavy atom. The van der Waals surface area contributed by atoms with Gasteiger partial charge in [0.05, 0.1) is 5.75 Å². The van der Waals surface area contributed by atoms with Crippen LogP contribution in [0.3, 0.4) is 0 Å². The summed E-state index contributed by atoms with van der Waals surface area (Å²) in [6.07, 6.45) is 1.62. The molecule has 2 rings (SSSR count). The highest BCUT2D eigenvalue weighted by molar-refractivity contribution is 7.89. The lowest BCUT2D eigenvalue weighted by atomic mass is 10.1. The van der Waals surface area contributed by atoms with Crippen molar-refractivity contribution in [3.63, 3.8) is 0 Å². The average Bonchev–Trinajstić information content (AvgIpc) is 2.49. The molecule has 1 aliphatic rings. The van der Waals surface area contributed by atoms with Gasteiger partial charge in [0, 0.05) is 31.2 Å². The van der Waals surface area contributed by atoms with Crippen LogP contribution in [0.2, 0.25) is 0 Å².